The Labute approximate surface area is 145 Å². The molecule has 6 heteroatoms. The summed E-state index contributed by atoms with van der Waals surface area (Å²) < 4.78 is 5.50. The predicted octanol–water partition coefficient (Wildman–Crippen LogP) is 3.23. The van der Waals surface area contributed by atoms with Crippen LogP contribution in [-0.4, -0.2) is 23.3 Å². The van der Waals surface area contributed by atoms with Crippen LogP contribution in [0, 0.1) is 6.92 Å². The van der Waals surface area contributed by atoms with Gasteiger partial charge in [-0.25, -0.2) is 4.98 Å². The summed E-state index contributed by atoms with van der Waals surface area (Å²) in [5, 5.41) is 4.06. The minimum absolute atomic E-state index is 0.00551. The highest BCUT2D eigenvalue weighted by Crippen LogP contribution is 2.32. The van der Waals surface area contributed by atoms with E-state index in [1.165, 1.54) is 11.8 Å². The average molecular weight is 344 g/mol. The molecular formula is C18H20N2O3S. The van der Waals surface area contributed by atoms with Crippen LogP contribution >= 0.6 is 11.3 Å². The van der Waals surface area contributed by atoms with Crippen molar-refractivity contribution in [3.8, 4) is 5.75 Å². The second-order valence-electron chi connectivity index (χ2n) is 5.92. The van der Waals surface area contributed by atoms with Gasteiger partial charge in [-0.05, 0) is 57.4 Å². The number of thiazole rings is 1. The molecule has 5 nitrogen and oxygen atoms in total. The van der Waals surface area contributed by atoms with Gasteiger partial charge in [0, 0.05) is 10.4 Å². The summed E-state index contributed by atoms with van der Waals surface area (Å²) in [6.45, 7) is 3.46. The van der Waals surface area contributed by atoms with Crippen molar-refractivity contribution in [1.82, 2.24) is 10.3 Å². The van der Waals surface area contributed by atoms with Crippen LogP contribution in [0.15, 0.2) is 24.3 Å². The molecule has 24 heavy (non-hydrogen) atoms. The van der Waals surface area contributed by atoms with Crippen molar-refractivity contribution in [2.24, 2.45) is 0 Å². The van der Waals surface area contributed by atoms with Crippen molar-refractivity contribution < 1.29 is 14.3 Å². The van der Waals surface area contributed by atoms with Crippen LogP contribution < -0.4 is 10.1 Å². The number of benzene rings is 1. The van der Waals surface area contributed by atoms with Gasteiger partial charge in [0.1, 0.15) is 5.75 Å². The highest BCUT2D eigenvalue weighted by atomic mass is 32.1. The predicted molar refractivity (Wildman–Crippen MR) is 92.6 cm³/mol. The molecule has 3 rings (SSSR count). The van der Waals surface area contributed by atoms with E-state index in [2.05, 4.69) is 10.3 Å². The molecule has 0 spiro atoms. The molecule has 2 aromatic rings. The van der Waals surface area contributed by atoms with Crippen molar-refractivity contribution in [3.63, 3.8) is 0 Å². The lowest BCUT2D eigenvalue weighted by Crippen LogP contribution is -2.34. The number of fused-ring (bicyclic) bond motifs is 1. The minimum atomic E-state index is -0.158. The second kappa shape index (κ2) is 7.13. The van der Waals surface area contributed by atoms with Crippen molar-refractivity contribution >= 4 is 23.0 Å². The van der Waals surface area contributed by atoms with Gasteiger partial charge in [-0.2, -0.15) is 0 Å². The van der Waals surface area contributed by atoms with E-state index in [9.17, 15) is 9.59 Å². The summed E-state index contributed by atoms with van der Waals surface area (Å²) in [6, 6.07) is 6.77. The van der Waals surface area contributed by atoms with E-state index in [4.69, 9.17) is 4.74 Å². The van der Waals surface area contributed by atoms with Gasteiger partial charge in [0.15, 0.2) is 12.4 Å². The van der Waals surface area contributed by atoms with Crippen LogP contribution in [0.25, 0.3) is 0 Å². The minimum Gasteiger partial charge on any atom is -0.484 e. The monoisotopic (exact) mass is 344 g/mol. The van der Waals surface area contributed by atoms with E-state index in [1.807, 2.05) is 6.92 Å². The van der Waals surface area contributed by atoms with Gasteiger partial charge in [-0.1, -0.05) is 0 Å². The summed E-state index contributed by atoms with van der Waals surface area (Å²) >= 11 is 1.71. The molecule has 0 saturated heterocycles. The summed E-state index contributed by atoms with van der Waals surface area (Å²) in [5.74, 6) is 0.420. The summed E-state index contributed by atoms with van der Waals surface area (Å²) in [6.07, 6.45) is 3.02. The molecule has 0 bridgehead atoms. The molecule has 1 aliphatic carbocycles. The largest absolute Gasteiger partial charge is 0.484 e. The first kappa shape index (κ1) is 16.6. The number of carbonyl (C=O) groups excluding carboxylic acids is 2. The van der Waals surface area contributed by atoms with Gasteiger partial charge in [0.25, 0.3) is 5.91 Å². The Hall–Kier alpha value is -2.21. The molecule has 1 aromatic carbocycles. The first-order valence-corrected chi connectivity index (χ1v) is 8.84. The molecule has 1 aliphatic rings. The third-order valence-corrected chi connectivity index (χ3v) is 5.07. The van der Waals surface area contributed by atoms with Crippen LogP contribution in [0.3, 0.4) is 0 Å². The lowest BCUT2D eigenvalue weighted by molar-refractivity contribution is -0.124. The molecule has 126 valence electrons. The van der Waals surface area contributed by atoms with Crippen LogP contribution in [0.1, 0.15) is 51.7 Å². The molecule has 1 N–H and O–H groups in total. The van der Waals surface area contributed by atoms with Crippen molar-refractivity contribution in [2.75, 3.05) is 6.61 Å². The number of nitrogens with one attached hydrogen (secondary N) is 1. The lowest BCUT2D eigenvalue weighted by Gasteiger charge is -2.22. The fourth-order valence-electron chi connectivity index (χ4n) is 2.85. The summed E-state index contributed by atoms with van der Waals surface area (Å²) in [5.41, 5.74) is 1.64. The molecule has 1 heterocycles. The number of amides is 1. The zero-order chi connectivity index (χ0) is 17.1. The molecule has 0 radical (unpaired) electrons. The average Bonchev–Trinajstić information content (AvgIpc) is 2.95. The maximum absolute atomic E-state index is 12.2. The van der Waals surface area contributed by atoms with E-state index in [1.54, 1.807) is 35.6 Å². The number of ether oxygens (including phenoxy) is 1. The van der Waals surface area contributed by atoms with E-state index < -0.39 is 0 Å². The molecule has 0 saturated carbocycles. The number of hydrogen-bond acceptors (Lipinski definition) is 5. The number of nitrogens with zero attached hydrogens (tertiary/aromatic N) is 1. The van der Waals surface area contributed by atoms with Crippen LogP contribution in [-0.2, 0) is 11.2 Å². The van der Waals surface area contributed by atoms with Gasteiger partial charge < -0.3 is 10.1 Å². The number of ketones is 1. The number of aryl methyl sites for hydroxylation is 2. The number of Topliss-reactive ketones (excluding diaryl/α,β-unsaturated/α-hetero) is 1. The molecule has 1 amide bonds. The maximum atomic E-state index is 12.2. The smallest absolute Gasteiger partial charge is 0.258 e. The third-order valence-electron chi connectivity index (χ3n) is 4.03. The Morgan fingerprint density at radius 2 is 2.08 bits per heavy atom. The van der Waals surface area contributed by atoms with Crippen LogP contribution in [0.5, 0.6) is 5.75 Å². The normalized spacial score (nSPS) is 16.3. The fraction of sp³-hybridized carbons (Fsp3) is 0.389. The summed E-state index contributed by atoms with van der Waals surface area (Å²) in [4.78, 5) is 29.2. The van der Waals surface area contributed by atoms with E-state index >= 15 is 0 Å². The zero-order valence-corrected chi connectivity index (χ0v) is 14.6. The van der Waals surface area contributed by atoms with Gasteiger partial charge in [0.05, 0.1) is 16.7 Å². The Kier molecular flexibility index (Phi) is 4.94. The molecule has 1 aromatic heterocycles. The molecule has 0 unspecified atom stereocenters. The van der Waals surface area contributed by atoms with Crippen molar-refractivity contribution in [3.05, 3.63) is 45.4 Å². The number of hydrogen-bond donors (Lipinski definition) is 1. The van der Waals surface area contributed by atoms with E-state index in [0.717, 1.165) is 30.0 Å². The second-order valence-corrected chi connectivity index (χ2v) is 7.21. The highest BCUT2D eigenvalue weighted by Gasteiger charge is 2.25. The van der Waals surface area contributed by atoms with Crippen molar-refractivity contribution in [2.45, 2.75) is 39.2 Å². The highest BCUT2D eigenvalue weighted by molar-refractivity contribution is 7.11. The first-order chi connectivity index (χ1) is 11.5. The topological polar surface area (TPSA) is 68.3 Å². The number of rotatable bonds is 5. The fourth-order valence-corrected chi connectivity index (χ4v) is 3.89. The number of carbonyl (C=O) groups is 2. The molecule has 1 atom stereocenters. The number of aromatic nitrogens is 1. The van der Waals surface area contributed by atoms with Gasteiger partial charge in [-0.15, -0.1) is 11.3 Å². The summed E-state index contributed by atoms with van der Waals surface area (Å²) in [7, 11) is 0. The van der Waals surface area contributed by atoms with Crippen LogP contribution in [0.2, 0.25) is 0 Å². The van der Waals surface area contributed by atoms with Gasteiger partial charge >= 0.3 is 0 Å². The third kappa shape index (κ3) is 3.82. The first-order valence-electron chi connectivity index (χ1n) is 8.02. The molecule has 0 fully saturated rings. The Morgan fingerprint density at radius 3 is 2.79 bits per heavy atom. The van der Waals surface area contributed by atoms with Crippen molar-refractivity contribution in [1.29, 1.82) is 0 Å². The van der Waals surface area contributed by atoms with E-state index in [-0.39, 0.29) is 24.3 Å². The Bertz CT molecular complexity index is 752. The SMILES string of the molecule is CC(=O)c1ccc(OCC(=O)N[C@H]2CCCc3sc(C)nc32)cc1. The zero-order valence-electron chi connectivity index (χ0n) is 13.8. The van der Waals surface area contributed by atoms with E-state index in [0.29, 0.717) is 11.3 Å². The van der Waals surface area contributed by atoms with Gasteiger partial charge in [-0.3, -0.25) is 9.59 Å². The lowest BCUT2D eigenvalue weighted by atomic mass is 9.97. The standard InChI is InChI=1S/C18H20N2O3S/c1-11(21)13-6-8-14(9-7-13)23-10-17(22)20-15-4-3-5-16-18(15)19-12(2)24-16/h6-9,15H,3-5,10H2,1-2H3,(H,20,22)/t15-/m0/s1. The molecular weight excluding hydrogens is 324 g/mol. The quantitative estimate of drug-likeness (QED) is 0.846. The van der Waals surface area contributed by atoms with Gasteiger partial charge in [0.2, 0.25) is 0 Å². The molecule has 0 aliphatic heterocycles. The van der Waals surface area contributed by atoms with Crippen LogP contribution in [0.4, 0.5) is 0 Å². The Morgan fingerprint density at radius 1 is 1.33 bits per heavy atom. The Balaban J connectivity index is 1.55. The maximum Gasteiger partial charge on any atom is 0.258 e.